The highest BCUT2D eigenvalue weighted by Gasteiger charge is 2.53. The molecule has 1 N–H and O–H groups in total. The summed E-state index contributed by atoms with van der Waals surface area (Å²) in [5.41, 5.74) is 0. The normalized spacial score (nSPS) is 21.3. The number of alkyl halides is 1. The van der Waals surface area contributed by atoms with Gasteiger partial charge in [-0.25, -0.2) is 9.18 Å². The molecule has 0 aromatic heterocycles. The fourth-order valence-corrected chi connectivity index (χ4v) is 3.01. The first-order valence-electron chi connectivity index (χ1n) is 6.14. The Balaban J connectivity index is 2.87. The molecule has 0 aromatic carbocycles. The molecule has 106 valence electrons. The number of esters is 1. The van der Waals surface area contributed by atoms with Crippen LogP contribution in [0.3, 0.4) is 0 Å². The molecule has 0 saturated heterocycles. The Labute approximate surface area is 106 Å². The average molecular weight is 282 g/mol. The van der Waals surface area contributed by atoms with Crippen LogP contribution in [0.25, 0.3) is 0 Å². The van der Waals surface area contributed by atoms with Crippen molar-refractivity contribution in [3.63, 3.8) is 0 Å². The van der Waals surface area contributed by atoms with E-state index in [0.29, 0.717) is 12.8 Å². The zero-order valence-corrected chi connectivity index (χ0v) is 11.2. The van der Waals surface area contributed by atoms with Gasteiger partial charge in [0.2, 0.25) is 0 Å². The van der Waals surface area contributed by atoms with Crippen molar-refractivity contribution in [2.45, 2.75) is 50.4 Å². The molecule has 0 bridgehead atoms. The molecule has 0 aromatic rings. The molecule has 0 amide bonds. The molecule has 0 spiro atoms. The molecule has 0 radical (unpaired) electrons. The van der Waals surface area contributed by atoms with Crippen LogP contribution in [0, 0.1) is 5.92 Å². The van der Waals surface area contributed by atoms with Crippen LogP contribution in [0.15, 0.2) is 0 Å². The molecule has 5 nitrogen and oxygen atoms in total. The molecule has 0 heterocycles. The van der Waals surface area contributed by atoms with E-state index in [1.54, 1.807) is 0 Å². The Bertz CT molecular complexity index is 388. The number of hydrogen-bond acceptors (Lipinski definition) is 4. The number of halogens is 1. The van der Waals surface area contributed by atoms with Gasteiger partial charge >= 0.3 is 21.1 Å². The largest absolute Gasteiger partial charge is 0.463 e. The van der Waals surface area contributed by atoms with Crippen molar-refractivity contribution in [2.24, 2.45) is 5.92 Å². The number of hydrogen-bond donors (Lipinski definition) is 1. The SMILES string of the molecule is CCOC(=O)C(F)(CC1CCCCC1)S(=O)(=O)O. The highest BCUT2D eigenvalue weighted by molar-refractivity contribution is 7.87. The van der Waals surface area contributed by atoms with Crippen molar-refractivity contribution in [2.75, 3.05) is 6.61 Å². The van der Waals surface area contributed by atoms with Crippen LogP contribution in [-0.4, -0.2) is 30.5 Å². The van der Waals surface area contributed by atoms with Gasteiger partial charge in [-0.05, 0) is 12.8 Å². The number of rotatable bonds is 5. The van der Waals surface area contributed by atoms with Crippen LogP contribution in [0.2, 0.25) is 0 Å². The van der Waals surface area contributed by atoms with E-state index in [0.717, 1.165) is 19.3 Å². The summed E-state index contributed by atoms with van der Waals surface area (Å²) in [5.74, 6) is -1.73. The molecular weight excluding hydrogens is 263 g/mol. The minimum Gasteiger partial charge on any atom is -0.463 e. The molecule has 1 atom stereocenters. The van der Waals surface area contributed by atoms with Crippen LogP contribution in [-0.2, 0) is 19.6 Å². The lowest BCUT2D eigenvalue weighted by Crippen LogP contribution is -2.45. The lowest BCUT2D eigenvalue weighted by atomic mass is 9.85. The summed E-state index contributed by atoms with van der Waals surface area (Å²) in [6.45, 7) is 1.31. The monoisotopic (exact) mass is 282 g/mol. The first-order chi connectivity index (χ1) is 8.31. The molecular formula is C11H19FO5S. The zero-order chi connectivity index (χ0) is 13.8. The molecule has 18 heavy (non-hydrogen) atoms. The molecule has 1 unspecified atom stereocenters. The molecule has 1 aliphatic rings. The third-order valence-electron chi connectivity index (χ3n) is 3.27. The topological polar surface area (TPSA) is 80.7 Å². The van der Waals surface area contributed by atoms with Crippen LogP contribution in [0.4, 0.5) is 4.39 Å². The highest BCUT2D eigenvalue weighted by atomic mass is 32.2. The van der Waals surface area contributed by atoms with Gasteiger partial charge in [0.1, 0.15) is 0 Å². The molecule has 0 aliphatic heterocycles. The molecule has 7 heteroatoms. The van der Waals surface area contributed by atoms with Gasteiger partial charge < -0.3 is 4.74 Å². The predicted octanol–water partition coefficient (Wildman–Crippen LogP) is 2.07. The summed E-state index contributed by atoms with van der Waals surface area (Å²) in [6, 6.07) is 0. The highest BCUT2D eigenvalue weighted by Crippen LogP contribution is 2.35. The Hall–Kier alpha value is -0.690. The maximum atomic E-state index is 14.4. The van der Waals surface area contributed by atoms with Crippen molar-refractivity contribution >= 4 is 16.1 Å². The Morgan fingerprint density at radius 1 is 1.39 bits per heavy atom. The van der Waals surface area contributed by atoms with Crippen molar-refractivity contribution < 1.29 is 26.9 Å². The van der Waals surface area contributed by atoms with Gasteiger partial charge in [-0.15, -0.1) is 0 Å². The van der Waals surface area contributed by atoms with Crippen molar-refractivity contribution in [3.05, 3.63) is 0 Å². The Morgan fingerprint density at radius 2 is 1.94 bits per heavy atom. The van der Waals surface area contributed by atoms with Gasteiger partial charge in [-0.3, -0.25) is 4.55 Å². The first kappa shape index (κ1) is 15.4. The number of carbonyl (C=O) groups excluding carboxylic acids is 1. The second kappa shape index (κ2) is 5.97. The number of carbonyl (C=O) groups is 1. The fraction of sp³-hybridized carbons (Fsp3) is 0.909. The predicted molar refractivity (Wildman–Crippen MR) is 63.2 cm³/mol. The van der Waals surface area contributed by atoms with Gasteiger partial charge in [0, 0.05) is 6.42 Å². The van der Waals surface area contributed by atoms with E-state index < -0.39 is 27.5 Å². The van der Waals surface area contributed by atoms with Crippen LogP contribution < -0.4 is 0 Å². The molecule has 1 aliphatic carbocycles. The Kier molecular flexibility index (Phi) is 5.10. The van der Waals surface area contributed by atoms with Crippen LogP contribution in [0.5, 0.6) is 0 Å². The third kappa shape index (κ3) is 3.41. The van der Waals surface area contributed by atoms with E-state index in [-0.39, 0.29) is 12.5 Å². The van der Waals surface area contributed by atoms with Crippen molar-refractivity contribution in [1.29, 1.82) is 0 Å². The van der Waals surface area contributed by atoms with Gasteiger partial charge in [-0.1, -0.05) is 32.1 Å². The quantitative estimate of drug-likeness (QED) is 0.616. The summed E-state index contributed by atoms with van der Waals surface area (Å²) in [5, 5.41) is -3.33. The fourth-order valence-electron chi connectivity index (χ4n) is 2.30. The lowest BCUT2D eigenvalue weighted by Gasteiger charge is -2.27. The summed E-state index contributed by atoms with van der Waals surface area (Å²) in [6.07, 6.45) is 3.61. The van der Waals surface area contributed by atoms with E-state index in [1.807, 2.05) is 0 Å². The summed E-state index contributed by atoms with van der Waals surface area (Å²) in [4.78, 5) is 11.4. The second-order valence-electron chi connectivity index (χ2n) is 4.63. The van der Waals surface area contributed by atoms with Gasteiger partial charge in [0.25, 0.3) is 0 Å². The minimum atomic E-state index is -5.13. The summed E-state index contributed by atoms with van der Waals surface area (Å²) >= 11 is 0. The van der Waals surface area contributed by atoms with Gasteiger partial charge in [-0.2, -0.15) is 8.42 Å². The average Bonchev–Trinajstić information content (AvgIpc) is 2.29. The van der Waals surface area contributed by atoms with E-state index in [9.17, 15) is 17.6 Å². The lowest BCUT2D eigenvalue weighted by molar-refractivity contribution is -0.153. The molecule has 1 rings (SSSR count). The van der Waals surface area contributed by atoms with E-state index in [4.69, 9.17) is 4.55 Å². The van der Waals surface area contributed by atoms with Crippen molar-refractivity contribution in [1.82, 2.24) is 0 Å². The minimum absolute atomic E-state index is 0.134. The standard InChI is InChI=1S/C11H19FO5S/c1-2-17-10(13)11(12,18(14,15)16)8-9-6-4-3-5-7-9/h9H,2-8H2,1H3,(H,14,15,16). The van der Waals surface area contributed by atoms with Crippen molar-refractivity contribution in [3.8, 4) is 0 Å². The van der Waals surface area contributed by atoms with Gasteiger partial charge in [0.05, 0.1) is 6.61 Å². The summed E-state index contributed by atoms with van der Waals surface area (Å²) < 4.78 is 50.0. The van der Waals surface area contributed by atoms with E-state index in [1.165, 1.54) is 6.92 Å². The van der Waals surface area contributed by atoms with Gasteiger partial charge in [0.15, 0.2) is 0 Å². The first-order valence-corrected chi connectivity index (χ1v) is 7.58. The smallest absolute Gasteiger partial charge is 0.362 e. The molecule has 1 saturated carbocycles. The summed E-state index contributed by atoms with van der Waals surface area (Å²) in [7, 11) is -5.13. The third-order valence-corrected chi connectivity index (χ3v) is 4.42. The zero-order valence-electron chi connectivity index (χ0n) is 10.4. The van der Waals surface area contributed by atoms with Crippen LogP contribution in [0.1, 0.15) is 45.4 Å². The maximum Gasteiger partial charge on any atom is 0.362 e. The molecule has 1 fully saturated rings. The van der Waals surface area contributed by atoms with E-state index in [2.05, 4.69) is 4.74 Å². The Morgan fingerprint density at radius 3 is 2.39 bits per heavy atom. The van der Waals surface area contributed by atoms with E-state index >= 15 is 0 Å². The number of ether oxygens (including phenoxy) is 1. The van der Waals surface area contributed by atoms with Crippen LogP contribution >= 0.6 is 0 Å². The maximum absolute atomic E-state index is 14.4. The second-order valence-corrected chi connectivity index (χ2v) is 6.23.